The summed E-state index contributed by atoms with van der Waals surface area (Å²) in [6.07, 6.45) is 11.1. The molecule has 2 rings (SSSR count). The van der Waals surface area contributed by atoms with Gasteiger partial charge in [0.05, 0.1) is 0 Å². The molecule has 1 nitrogen and oxygen atoms in total. The molecule has 0 amide bonds. The van der Waals surface area contributed by atoms with Gasteiger partial charge in [-0.05, 0) is 43.7 Å². The van der Waals surface area contributed by atoms with Crippen LogP contribution in [-0.2, 0) is 6.42 Å². The van der Waals surface area contributed by atoms with Crippen molar-refractivity contribution in [2.45, 2.75) is 64.3 Å². The molecule has 0 aromatic heterocycles. The fourth-order valence-electron chi connectivity index (χ4n) is 3.26. The first kappa shape index (κ1) is 14.6. The van der Waals surface area contributed by atoms with Crippen LogP contribution in [0.4, 0.5) is 0 Å². The van der Waals surface area contributed by atoms with E-state index in [0.717, 1.165) is 12.5 Å². The Morgan fingerprint density at radius 2 is 1.89 bits per heavy atom. The molecule has 1 heteroatoms. The monoisotopic (exact) mass is 259 g/mol. The Morgan fingerprint density at radius 1 is 1.16 bits per heavy atom. The van der Waals surface area contributed by atoms with Crippen LogP contribution in [0, 0.1) is 5.92 Å². The van der Waals surface area contributed by atoms with Crippen molar-refractivity contribution in [3.63, 3.8) is 0 Å². The summed E-state index contributed by atoms with van der Waals surface area (Å²) < 4.78 is 0. The van der Waals surface area contributed by atoms with Crippen LogP contribution in [0.3, 0.4) is 0 Å². The largest absolute Gasteiger partial charge is 0.314 e. The smallest absolute Gasteiger partial charge is 0.0108 e. The highest BCUT2D eigenvalue weighted by Gasteiger charge is 2.17. The molecule has 0 spiro atoms. The van der Waals surface area contributed by atoms with Crippen molar-refractivity contribution in [1.29, 1.82) is 0 Å². The van der Waals surface area contributed by atoms with Crippen molar-refractivity contribution in [1.82, 2.24) is 5.32 Å². The quantitative estimate of drug-likeness (QED) is 0.721. The van der Waals surface area contributed by atoms with Gasteiger partial charge in [-0.1, -0.05) is 62.9 Å². The molecule has 1 fully saturated rings. The van der Waals surface area contributed by atoms with Crippen molar-refractivity contribution in [2.75, 3.05) is 6.54 Å². The fraction of sp³-hybridized carbons (Fsp3) is 0.667. The molecule has 1 aliphatic carbocycles. The third kappa shape index (κ3) is 5.36. The van der Waals surface area contributed by atoms with Gasteiger partial charge >= 0.3 is 0 Å². The Hall–Kier alpha value is -0.820. The molecule has 0 bridgehead atoms. The van der Waals surface area contributed by atoms with Crippen molar-refractivity contribution >= 4 is 0 Å². The van der Waals surface area contributed by atoms with E-state index in [2.05, 4.69) is 42.6 Å². The van der Waals surface area contributed by atoms with E-state index in [-0.39, 0.29) is 0 Å². The predicted molar refractivity (Wildman–Crippen MR) is 83.4 cm³/mol. The molecule has 0 aliphatic heterocycles. The van der Waals surface area contributed by atoms with Crippen LogP contribution in [0.1, 0.15) is 57.4 Å². The lowest BCUT2D eigenvalue weighted by molar-refractivity contribution is 0.402. The number of rotatable bonds is 8. The first-order valence-corrected chi connectivity index (χ1v) is 8.15. The second kappa shape index (κ2) is 8.37. The Labute approximate surface area is 118 Å². The lowest BCUT2D eigenvalue weighted by Gasteiger charge is -2.20. The molecule has 0 heterocycles. The van der Waals surface area contributed by atoms with Crippen molar-refractivity contribution in [3.05, 3.63) is 35.9 Å². The van der Waals surface area contributed by atoms with Gasteiger partial charge in [0.2, 0.25) is 0 Å². The van der Waals surface area contributed by atoms with Gasteiger partial charge in [-0.3, -0.25) is 0 Å². The zero-order valence-electron chi connectivity index (χ0n) is 12.4. The Bertz CT molecular complexity index is 327. The molecule has 1 aromatic carbocycles. The normalized spacial score (nSPS) is 17.7. The highest BCUT2D eigenvalue weighted by Crippen LogP contribution is 2.29. The first-order chi connectivity index (χ1) is 9.38. The predicted octanol–water partition coefficient (Wildman–Crippen LogP) is 4.57. The third-order valence-electron chi connectivity index (χ3n) is 4.41. The Balaban J connectivity index is 1.80. The van der Waals surface area contributed by atoms with E-state index in [1.54, 1.807) is 0 Å². The van der Waals surface area contributed by atoms with Gasteiger partial charge < -0.3 is 5.32 Å². The van der Waals surface area contributed by atoms with E-state index < -0.39 is 0 Å². The number of hydrogen-bond donors (Lipinski definition) is 1. The summed E-state index contributed by atoms with van der Waals surface area (Å²) in [6.45, 7) is 3.41. The van der Waals surface area contributed by atoms with Crippen LogP contribution in [0.15, 0.2) is 30.3 Å². The maximum atomic E-state index is 3.74. The van der Waals surface area contributed by atoms with Crippen LogP contribution < -0.4 is 5.32 Å². The van der Waals surface area contributed by atoms with Gasteiger partial charge in [0, 0.05) is 6.04 Å². The summed E-state index contributed by atoms with van der Waals surface area (Å²) in [5.41, 5.74) is 1.47. The van der Waals surface area contributed by atoms with E-state index in [4.69, 9.17) is 0 Å². The molecule has 1 saturated carbocycles. The zero-order chi connectivity index (χ0) is 13.3. The van der Waals surface area contributed by atoms with Gasteiger partial charge in [0.1, 0.15) is 0 Å². The lowest BCUT2D eigenvalue weighted by atomic mass is 9.95. The molecule has 1 atom stereocenters. The molecule has 106 valence electrons. The van der Waals surface area contributed by atoms with Crippen molar-refractivity contribution in [3.8, 4) is 0 Å². The van der Waals surface area contributed by atoms with Crippen molar-refractivity contribution in [2.24, 2.45) is 5.92 Å². The molecule has 1 unspecified atom stereocenters. The van der Waals surface area contributed by atoms with Crippen LogP contribution in [-0.4, -0.2) is 12.6 Å². The second-order valence-electron chi connectivity index (χ2n) is 6.07. The first-order valence-electron chi connectivity index (χ1n) is 8.15. The van der Waals surface area contributed by atoms with Gasteiger partial charge in [-0.25, -0.2) is 0 Å². The number of hydrogen-bond acceptors (Lipinski definition) is 1. The minimum absolute atomic E-state index is 0.669. The van der Waals surface area contributed by atoms with E-state index in [1.165, 1.54) is 56.9 Å². The summed E-state index contributed by atoms with van der Waals surface area (Å²) in [6, 6.07) is 11.6. The molecule has 1 N–H and O–H groups in total. The summed E-state index contributed by atoms with van der Waals surface area (Å²) in [4.78, 5) is 0. The lowest BCUT2D eigenvalue weighted by Crippen LogP contribution is -2.32. The summed E-state index contributed by atoms with van der Waals surface area (Å²) in [5.74, 6) is 1.02. The number of nitrogens with one attached hydrogen (secondary N) is 1. The average molecular weight is 259 g/mol. The molecule has 1 aliphatic rings. The Kier molecular flexibility index (Phi) is 6.43. The standard InChI is InChI=1S/C18H29N/c1-2-14-19-18(13-12-16-8-6-7-9-16)15-17-10-4-3-5-11-17/h3-5,10-11,16,18-19H,2,6-9,12-15H2,1H3. The summed E-state index contributed by atoms with van der Waals surface area (Å²) in [5, 5.41) is 3.74. The molecule has 19 heavy (non-hydrogen) atoms. The third-order valence-corrected chi connectivity index (χ3v) is 4.41. The molecule has 1 aromatic rings. The van der Waals surface area contributed by atoms with Crippen LogP contribution in [0.25, 0.3) is 0 Å². The van der Waals surface area contributed by atoms with E-state index in [0.29, 0.717) is 6.04 Å². The Morgan fingerprint density at radius 3 is 2.58 bits per heavy atom. The minimum Gasteiger partial charge on any atom is -0.314 e. The maximum Gasteiger partial charge on any atom is 0.0108 e. The van der Waals surface area contributed by atoms with Crippen molar-refractivity contribution < 1.29 is 0 Å². The molecular weight excluding hydrogens is 230 g/mol. The SMILES string of the molecule is CCCNC(CCC1CCCC1)Cc1ccccc1. The second-order valence-corrected chi connectivity index (χ2v) is 6.07. The maximum absolute atomic E-state index is 3.74. The van der Waals surface area contributed by atoms with Gasteiger partial charge in [-0.15, -0.1) is 0 Å². The van der Waals surface area contributed by atoms with Gasteiger partial charge in [0.25, 0.3) is 0 Å². The number of benzene rings is 1. The summed E-state index contributed by atoms with van der Waals surface area (Å²) >= 11 is 0. The summed E-state index contributed by atoms with van der Waals surface area (Å²) in [7, 11) is 0. The average Bonchev–Trinajstić information content (AvgIpc) is 2.96. The van der Waals surface area contributed by atoms with E-state index in [9.17, 15) is 0 Å². The zero-order valence-corrected chi connectivity index (χ0v) is 12.4. The highest BCUT2D eigenvalue weighted by molar-refractivity contribution is 5.15. The molecule has 0 saturated heterocycles. The fourth-order valence-corrected chi connectivity index (χ4v) is 3.26. The topological polar surface area (TPSA) is 12.0 Å². The van der Waals surface area contributed by atoms with Crippen LogP contribution in [0.2, 0.25) is 0 Å². The van der Waals surface area contributed by atoms with E-state index in [1.807, 2.05) is 0 Å². The highest BCUT2D eigenvalue weighted by atomic mass is 14.9. The minimum atomic E-state index is 0.669. The van der Waals surface area contributed by atoms with Gasteiger partial charge in [-0.2, -0.15) is 0 Å². The van der Waals surface area contributed by atoms with Crippen LogP contribution in [0.5, 0.6) is 0 Å². The molecular formula is C18H29N. The van der Waals surface area contributed by atoms with Gasteiger partial charge in [0.15, 0.2) is 0 Å². The van der Waals surface area contributed by atoms with Crippen LogP contribution >= 0.6 is 0 Å². The molecule has 0 radical (unpaired) electrons. The van der Waals surface area contributed by atoms with E-state index >= 15 is 0 Å².